The normalized spacial score (nSPS) is 12.4. The van der Waals surface area contributed by atoms with Crippen molar-refractivity contribution < 1.29 is 0 Å². The zero-order chi connectivity index (χ0) is 13.8. The van der Waals surface area contributed by atoms with E-state index in [1.165, 1.54) is 11.1 Å². The van der Waals surface area contributed by atoms with E-state index in [9.17, 15) is 0 Å². The van der Waals surface area contributed by atoms with Gasteiger partial charge in [-0.25, -0.2) is 0 Å². The summed E-state index contributed by atoms with van der Waals surface area (Å²) in [7, 11) is 1.97. The van der Waals surface area contributed by atoms with Crippen LogP contribution in [0.4, 0.5) is 0 Å². The molecule has 0 fully saturated rings. The molecular weight excluding hydrogens is 389 g/mol. The number of halogens is 3. The van der Waals surface area contributed by atoms with Gasteiger partial charge in [0.05, 0.1) is 5.02 Å². The van der Waals surface area contributed by atoms with E-state index >= 15 is 0 Å². The van der Waals surface area contributed by atoms with Gasteiger partial charge in [-0.05, 0) is 64.8 Å². The van der Waals surface area contributed by atoms with Crippen LogP contribution in [0.3, 0.4) is 0 Å². The standard InChI is InChI=1S/C15H14Br2ClN/c1-19-15(8-10-3-2-4-12(16)7-10)11-5-6-13(17)14(18)9-11/h2-7,9,15,19H,8H2,1H3. The number of rotatable bonds is 4. The van der Waals surface area contributed by atoms with Crippen LogP contribution in [0.1, 0.15) is 17.2 Å². The van der Waals surface area contributed by atoms with E-state index in [1.807, 2.05) is 25.2 Å². The molecule has 1 unspecified atom stereocenters. The maximum atomic E-state index is 6.16. The van der Waals surface area contributed by atoms with Crippen LogP contribution >= 0.6 is 43.5 Å². The van der Waals surface area contributed by atoms with Gasteiger partial charge in [0.25, 0.3) is 0 Å². The smallest absolute Gasteiger partial charge is 0.0551 e. The number of hydrogen-bond acceptors (Lipinski definition) is 1. The molecule has 2 aromatic rings. The highest BCUT2D eigenvalue weighted by Crippen LogP contribution is 2.27. The summed E-state index contributed by atoms with van der Waals surface area (Å²) in [6.45, 7) is 0. The Morgan fingerprint density at radius 1 is 1.16 bits per heavy atom. The van der Waals surface area contributed by atoms with Crippen LogP contribution in [-0.2, 0) is 6.42 Å². The van der Waals surface area contributed by atoms with E-state index in [1.54, 1.807) is 0 Å². The van der Waals surface area contributed by atoms with Crippen LogP contribution < -0.4 is 5.32 Å². The average Bonchev–Trinajstić information content (AvgIpc) is 2.39. The highest BCUT2D eigenvalue weighted by molar-refractivity contribution is 9.10. The van der Waals surface area contributed by atoms with Gasteiger partial charge in [-0.1, -0.05) is 45.7 Å². The molecule has 4 heteroatoms. The van der Waals surface area contributed by atoms with Gasteiger partial charge >= 0.3 is 0 Å². The maximum Gasteiger partial charge on any atom is 0.0551 e. The first-order valence-corrected chi connectivity index (χ1v) is 7.93. The zero-order valence-corrected chi connectivity index (χ0v) is 14.4. The number of nitrogens with one attached hydrogen (secondary N) is 1. The quantitative estimate of drug-likeness (QED) is 0.724. The topological polar surface area (TPSA) is 12.0 Å². The first-order valence-electron chi connectivity index (χ1n) is 5.97. The summed E-state index contributed by atoms with van der Waals surface area (Å²) in [6, 6.07) is 14.7. The third-order valence-corrected chi connectivity index (χ3v) is 4.75. The lowest BCUT2D eigenvalue weighted by Gasteiger charge is -2.17. The maximum absolute atomic E-state index is 6.16. The first kappa shape index (κ1) is 15.0. The van der Waals surface area contributed by atoms with Crippen molar-refractivity contribution in [2.75, 3.05) is 7.05 Å². The van der Waals surface area contributed by atoms with E-state index in [-0.39, 0.29) is 6.04 Å². The lowest BCUT2D eigenvalue weighted by Crippen LogP contribution is -2.18. The Morgan fingerprint density at radius 2 is 1.95 bits per heavy atom. The van der Waals surface area contributed by atoms with E-state index in [0.717, 1.165) is 20.4 Å². The molecule has 0 amide bonds. The van der Waals surface area contributed by atoms with E-state index in [2.05, 4.69) is 61.4 Å². The summed E-state index contributed by atoms with van der Waals surface area (Å²) >= 11 is 13.1. The van der Waals surface area contributed by atoms with Crippen molar-refractivity contribution in [1.82, 2.24) is 5.32 Å². The van der Waals surface area contributed by atoms with Crippen LogP contribution in [-0.4, -0.2) is 7.05 Å². The van der Waals surface area contributed by atoms with Crippen molar-refractivity contribution in [2.24, 2.45) is 0 Å². The molecule has 1 N–H and O–H groups in total. The second-order valence-electron chi connectivity index (χ2n) is 4.35. The average molecular weight is 404 g/mol. The minimum absolute atomic E-state index is 0.250. The molecule has 0 spiro atoms. The van der Waals surface area contributed by atoms with Crippen molar-refractivity contribution in [3.05, 3.63) is 67.6 Å². The van der Waals surface area contributed by atoms with E-state index in [4.69, 9.17) is 11.6 Å². The van der Waals surface area contributed by atoms with Crippen LogP contribution in [0.2, 0.25) is 5.02 Å². The summed E-state index contributed by atoms with van der Waals surface area (Å²) < 4.78 is 2.03. The Kier molecular flexibility index (Phi) is 5.46. The highest BCUT2D eigenvalue weighted by atomic mass is 79.9. The number of hydrogen-bond donors (Lipinski definition) is 1. The van der Waals surface area contributed by atoms with Crippen molar-refractivity contribution in [3.63, 3.8) is 0 Å². The Bertz CT molecular complexity index is 572. The van der Waals surface area contributed by atoms with Gasteiger partial charge in [-0.3, -0.25) is 0 Å². The molecular formula is C15H14Br2ClN. The second-order valence-corrected chi connectivity index (χ2v) is 6.53. The molecule has 2 aromatic carbocycles. The monoisotopic (exact) mass is 401 g/mol. The fourth-order valence-electron chi connectivity index (χ4n) is 2.02. The summed E-state index contributed by atoms with van der Waals surface area (Å²) in [4.78, 5) is 0. The Morgan fingerprint density at radius 3 is 2.58 bits per heavy atom. The summed E-state index contributed by atoms with van der Waals surface area (Å²) in [5.74, 6) is 0. The molecule has 19 heavy (non-hydrogen) atoms. The van der Waals surface area contributed by atoms with Gasteiger partial charge in [0.15, 0.2) is 0 Å². The molecule has 0 bridgehead atoms. The SMILES string of the molecule is CNC(Cc1cccc(Br)c1)c1ccc(Br)c(Cl)c1. The van der Waals surface area contributed by atoms with Crippen LogP contribution in [0, 0.1) is 0 Å². The lowest BCUT2D eigenvalue weighted by molar-refractivity contribution is 0.592. The molecule has 0 aliphatic heterocycles. The molecule has 0 saturated heterocycles. The van der Waals surface area contributed by atoms with Crippen LogP contribution in [0.5, 0.6) is 0 Å². The van der Waals surface area contributed by atoms with Gasteiger partial charge in [-0.2, -0.15) is 0 Å². The van der Waals surface area contributed by atoms with Crippen molar-refractivity contribution in [2.45, 2.75) is 12.5 Å². The van der Waals surface area contributed by atoms with Gasteiger partial charge in [0.1, 0.15) is 0 Å². The molecule has 1 nitrogen and oxygen atoms in total. The highest BCUT2D eigenvalue weighted by Gasteiger charge is 2.11. The Hall–Kier alpha value is -0.350. The third-order valence-electron chi connectivity index (χ3n) is 3.02. The number of likely N-dealkylation sites (N-methyl/N-ethyl adjacent to an activating group) is 1. The molecule has 1 atom stereocenters. The third kappa shape index (κ3) is 4.06. The van der Waals surface area contributed by atoms with Gasteiger partial charge in [0, 0.05) is 15.0 Å². The molecule has 0 aliphatic carbocycles. The Labute approximate surface area is 135 Å². The molecule has 0 saturated carbocycles. The Balaban J connectivity index is 2.22. The molecule has 0 heterocycles. The second kappa shape index (κ2) is 6.89. The molecule has 0 aliphatic rings. The van der Waals surface area contributed by atoms with Crippen molar-refractivity contribution in [1.29, 1.82) is 0 Å². The fourth-order valence-corrected chi connectivity index (χ4v) is 2.90. The number of benzene rings is 2. The lowest BCUT2D eigenvalue weighted by atomic mass is 9.99. The molecule has 0 aromatic heterocycles. The largest absolute Gasteiger partial charge is 0.313 e. The summed E-state index contributed by atoms with van der Waals surface area (Å²) in [5.41, 5.74) is 2.48. The zero-order valence-electron chi connectivity index (χ0n) is 10.5. The van der Waals surface area contributed by atoms with E-state index < -0.39 is 0 Å². The molecule has 2 rings (SSSR count). The van der Waals surface area contributed by atoms with Crippen molar-refractivity contribution >= 4 is 43.5 Å². The predicted octanol–water partition coefficient (Wildman–Crippen LogP) is 5.37. The minimum Gasteiger partial charge on any atom is -0.313 e. The van der Waals surface area contributed by atoms with Crippen LogP contribution in [0.15, 0.2) is 51.4 Å². The van der Waals surface area contributed by atoms with Crippen molar-refractivity contribution in [3.8, 4) is 0 Å². The fraction of sp³-hybridized carbons (Fsp3) is 0.200. The summed E-state index contributed by atoms with van der Waals surface area (Å²) in [6.07, 6.45) is 0.925. The van der Waals surface area contributed by atoms with Gasteiger partial charge < -0.3 is 5.32 Å². The first-order chi connectivity index (χ1) is 9.10. The predicted molar refractivity (Wildman–Crippen MR) is 88.8 cm³/mol. The summed E-state index contributed by atoms with van der Waals surface area (Å²) in [5, 5.41) is 4.09. The van der Waals surface area contributed by atoms with E-state index in [0.29, 0.717) is 0 Å². The molecule has 100 valence electrons. The van der Waals surface area contributed by atoms with Crippen LogP contribution in [0.25, 0.3) is 0 Å². The van der Waals surface area contributed by atoms with Gasteiger partial charge in [-0.15, -0.1) is 0 Å². The molecule has 0 radical (unpaired) electrons. The minimum atomic E-state index is 0.250. The van der Waals surface area contributed by atoms with Gasteiger partial charge in [0.2, 0.25) is 0 Å².